The summed E-state index contributed by atoms with van der Waals surface area (Å²) in [5, 5.41) is 2.85. The van der Waals surface area contributed by atoms with E-state index in [-0.39, 0.29) is 29.1 Å². The summed E-state index contributed by atoms with van der Waals surface area (Å²) in [4.78, 5) is 32.5. The minimum atomic E-state index is -3.61. The maximum absolute atomic E-state index is 12.5. The maximum Gasteiger partial charge on any atom is 0.263 e. The van der Waals surface area contributed by atoms with E-state index in [2.05, 4.69) is 15.0 Å². The molecule has 1 aromatic rings. The molecule has 30 heavy (non-hydrogen) atoms. The second-order valence-corrected chi connectivity index (χ2v) is 8.77. The third-order valence-corrected chi connectivity index (χ3v) is 6.37. The molecule has 1 fully saturated rings. The van der Waals surface area contributed by atoms with Crippen LogP contribution >= 0.6 is 0 Å². The molecule has 0 saturated carbocycles. The van der Waals surface area contributed by atoms with Crippen LogP contribution < -0.4 is 10.0 Å². The first-order valence-corrected chi connectivity index (χ1v) is 11.3. The van der Waals surface area contributed by atoms with Gasteiger partial charge in [-0.3, -0.25) is 24.2 Å². The van der Waals surface area contributed by atoms with Crippen LogP contribution in [0.15, 0.2) is 34.2 Å². The number of carbonyl (C=O) groups is 2. The van der Waals surface area contributed by atoms with Crippen molar-refractivity contribution in [3.8, 4) is 0 Å². The second kappa shape index (κ2) is 10.0. The molecule has 0 spiro atoms. The summed E-state index contributed by atoms with van der Waals surface area (Å²) in [6.07, 6.45) is 0.771. The first-order chi connectivity index (χ1) is 14.4. The molecule has 0 unspecified atom stereocenters. The first kappa shape index (κ1) is 22.2. The summed E-state index contributed by atoms with van der Waals surface area (Å²) in [6, 6.07) is 6.54. The largest absolute Gasteiger partial charge is 0.385 e. The third-order valence-electron chi connectivity index (χ3n) is 4.97. The van der Waals surface area contributed by atoms with Gasteiger partial charge in [0.15, 0.2) is 0 Å². The van der Waals surface area contributed by atoms with Crippen molar-refractivity contribution in [2.75, 3.05) is 59.5 Å². The molecule has 1 saturated heterocycles. The third kappa shape index (κ3) is 5.55. The molecule has 1 aromatic carbocycles. The maximum atomic E-state index is 12.5. The van der Waals surface area contributed by atoms with Crippen molar-refractivity contribution >= 4 is 27.7 Å². The number of nitrogens with one attached hydrogen (secondary N) is 2. The van der Waals surface area contributed by atoms with Gasteiger partial charge >= 0.3 is 0 Å². The summed E-state index contributed by atoms with van der Waals surface area (Å²) in [5.41, 5.74) is 0.478. The van der Waals surface area contributed by atoms with E-state index in [1.807, 2.05) is 4.90 Å². The molecule has 2 N–H and O–H groups in total. The average molecular weight is 438 g/mol. The van der Waals surface area contributed by atoms with Gasteiger partial charge in [0.2, 0.25) is 11.8 Å². The van der Waals surface area contributed by atoms with Crippen molar-refractivity contribution in [2.45, 2.75) is 11.3 Å². The topological polar surface area (TPSA) is 120 Å². The van der Waals surface area contributed by atoms with Crippen molar-refractivity contribution in [2.24, 2.45) is 4.99 Å². The number of hydrogen-bond acceptors (Lipinski definition) is 7. The van der Waals surface area contributed by atoms with Crippen LogP contribution in [-0.4, -0.2) is 95.4 Å². The highest BCUT2D eigenvalue weighted by atomic mass is 32.2. The molecule has 2 aliphatic heterocycles. The second-order valence-electron chi connectivity index (χ2n) is 7.12. The minimum absolute atomic E-state index is 0.0375. The van der Waals surface area contributed by atoms with E-state index in [1.54, 1.807) is 30.2 Å². The number of amides is 2. The summed E-state index contributed by atoms with van der Waals surface area (Å²) in [6.45, 7) is 3.57. The van der Waals surface area contributed by atoms with E-state index >= 15 is 0 Å². The number of carbonyl (C=O) groups excluding carboxylic acids is 2. The highest BCUT2D eigenvalue weighted by Gasteiger charge is 2.30. The molecule has 3 rings (SSSR count). The Morgan fingerprint density at radius 1 is 1.20 bits per heavy atom. The molecular weight excluding hydrogens is 410 g/mol. The van der Waals surface area contributed by atoms with Crippen molar-refractivity contribution in [1.29, 1.82) is 0 Å². The van der Waals surface area contributed by atoms with Gasteiger partial charge in [-0.1, -0.05) is 12.1 Å². The number of nitrogens with zero attached hydrogens (tertiary/aromatic N) is 3. The lowest BCUT2D eigenvalue weighted by Crippen LogP contribution is -2.51. The molecule has 0 radical (unpaired) electrons. The van der Waals surface area contributed by atoms with Gasteiger partial charge in [-0.25, -0.2) is 8.42 Å². The lowest BCUT2D eigenvalue weighted by molar-refractivity contribution is -0.131. The van der Waals surface area contributed by atoms with Crippen LogP contribution in [0.25, 0.3) is 0 Å². The van der Waals surface area contributed by atoms with Gasteiger partial charge in [0, 0.05) is 52.0 Å². The normalized spacial score (nSPS) is 19.4. The number of piperazine rings is 1. The van der Waals surface area contributed by atoms with Crippen LogP contribution in [0.1, 0.15) is 12.0 Å². The number of benzene rings is 1. The number of aliphatic imine (C=N–C) groups is 1. The highest BCUT2D eigenvalue weighted by Crippen LogP contribution is 2.22. The van der Waals surface area contributed by atoms with E-state index < -0.39 is 10.0 Å². The average Bonchev–Trinajstić information content (AvgIpc) is 3.00. The van der Waals surface area contributed by atoms with Crippen LogP contribution in [0.5, 0.6) is 0 Å². The number of hydrogen-bond donors (Lipinski definition) is 2. The fourth-order valence-electron chi connectivity index (χ4n) is 3.36. The van der Waals surface area contributed by atoms with Crippen LogP contribution in [0.2, 0.25) is 0 Å². The molecule has 164 valence electrons. The molecule has 2 amide bonds. The smallest absolute Gasteiger partial charge is 0.263 e. The van der Waals surface area contributed by atoms with E-state index in [9.17, 15) is 18.0 Å². The number of amidine groups is 1. The Hall–Kier alpha value is -2.50. The summed E-state index contributed by atoms with van der Waals surface area (Å²) < 4.78 is 31.5. The number of ether oxygens (including phenoxy) is 1. The quantitative estimate of drug-likeness (QED) is 0.505. The Balaban J connectivity index is 1.45. The highest BCUT2D eigenvalue weighted by molar-refractivity contribution is 7.90. The fourth-order valence-corrected chi connectivity index (χ4v) is 4.61. The molecule has 10 nitrogen and oxygen atoms in total. The Kier molecular flexibility index (Phi) is 7.40. The molecule has 0 atom stereocenters. The van der Waals surface area contributed by atoms with E-state index in [0.29, 0.717) is 51.4 Å². The first-order valence-electron chi connectivity index (χ1n) is 9.83. The molecule has 2 aliphatic rings. The predicted octanol–water partition coefficient (Wildman–Crippen LogP) is -0.978. The predicted molar refractivity (Wildman–Crippen MR) is 111 cm³/mol. The van der Waals surface area contributed by atoms with Crippen LogP contribution in [0.3, 0.4) is 0 Å². The van der Waals surface area contributed by atoms with Gasteiger partial charge in [-0.2, -0.15) is 0 Å². The molecule has 0 aromatic heterocycles. The zero-order valence-corrected chi connectivity index (χ0v) is 17.8. The molecule has 2 heterocycles. The SMILES string of the molecule is COCCCNC(=O)CN1CCN(C(=O)CN=C2NS(=O)(=O)c3ccccc32)CC1. The van der Waals surface area contributed by atoms with Gasteiger partial charge in [0.25, 0.3) is 10.0 Å². The Labute approximate surface area is 176 Å². The van der Waals surface area contributed by atoms with Gasteiger partial charge in [0.1, 0.15) is 12.4 Å². The summed E-state index contributed by atoms with van der Waals surface area (Å²) >= 11 is 0. The van der Waals surface area contributed by atoms with Crippen LogP contribution in [0, 0.1) is 0 Å². The van der Waals surface area contributed by atoms with E-state index in [1.165, 1.54) is 6.07 Å². The number of methoxy groups -OCH3 is 1. The van der Waals surface area contributed by atoms with Crippen LogP contribution in [0.4, 0.5) is 0 Å². The van der Waals surface area contributed by atoms with Crippen molar-refractivity contribution < 1.29 is 22.7 Å². The summed E-state index contributed by atoms with van der Waals surface area (Å²) in [5.74, 6) is -0.0121. The lowest BCUT2D eigenvalue weighted by Gasteiger charge is -2.34. The van der Waals surface area contributed by atoms with Gasteiger partial charge in [-0.05, 0) is 18.6 Å². The summed E-state index contributed by atoms with van der Waals surface area (Å²) in [7, 11) is -1.99. The van der Waals surface area contributed by atoms with Gasteiger partial charge < -0.3 is 15.0 Å². The van der Waals surface area contributed by atoms with Crippen molar-refractivity contribution in [1.82, 2.24) is 19.8 Å². The van der Waals surface area contributed by atoms with Gasteiger partial charge in [-0.15, -0.1) is 0 Å². The standard InChI is InChI=1S/C19H27N5O5S/c1-29-12-4-7-20-17(25)14-23-8-10-24(11-9-23)18(26)13-21-19-15-5-2-3-6-16(15)30(27,28)22-19/h2-3,5-6H,4,7-14H2,1H3,(H,20,25)(H,21,22). The number of sulfonamides is 1. The Morgan fingerprint density at radius 3 is 2.67 bits per heavy atom. The van der Waals surface area contributed by atoms with E-state index in [4.69, 9.17) is 4.74 Å². The monoisotopic (exact) mass is 437 g/mol. The molecule has 0 bridgehead atoms. The zero-order chi connectivity index (χ0) is 21.6. The van der Waals surface area contributed by atoms with Crippen LogP contribution in [-0.2, 0) is 24.3 Å². The Morgan fingerprint density at radius 2 is 1.93 bits per heavy atom. The van der Waals surface area contributed by atoms with Gasteiger partial charge in [0.05, 0.1) is 11.4 Å². The van der Waals surface area contributed by atoms with E-state index in [0.717, 1.165) is 6.42 Å². The number of rotatable bonds is 8. The fraction of sp³-hybridized carbons (Fsp3) is 0.526. The van der Waals surface area contributed by atoms with Crippen molar-refractivity contribution in [3.05, 3.63) is 29.8 Å². The zero-order valence-electron chi connectivity index (χ0n) is 17.0. The van der Waals surface area contributed by atoms with Crippen molar-refractivity contribution in [3.63, 3.8) is 0 Å². The molecular formula is C19H27N5O5S. The minimum Gasteiger partial charge on any atom is -0.385 e. The molecule has 0 aliphatic carbocycles. The molecule has 11 heteroatoms. The Bertz CT molecular complexity index is 910. The number of fused-ring (bicyclic) bond motifs is 1. The lowest BCUT2D eigenvalue weighted by atomic mass is 10.2.